The van der Waals surface area contributed by atoms with Crippen molar-refractivity contribution < 1.29 is 9.84 Å². The normalized spacial score (nSPS) is 13.8. The third-order valence-corrected chi connectivity index (χ3v) is 4.28. The van der Waals surface area contributed by atoms with Gasteiger partial charge in [-0.25, -0.2) is 0 Å². The fraction of sp³-hybridized carbons (Fsp3) is 0.368. The first kappa shape index (κ1) is 15.6. The van der Waals surface area contributed by atoms with E-state index in [0.29, 0.717) is 0 Å². The molecule has 0 heterocycles. The van der Waals surface area contributed by atoms with Crippen molar-refractivity contribution in [1.82, 2.24) is 0 Å². The number of methoxy groups -OCH3 is 1. The van der Waals surface area contributed by atoms with E-state index in [1.165, 1.54) is 5.56 Å². The second kappa shape index (κ2) is 6.77. The standard InChI is InChI=1S/C19H24O2/c1-5-16(15-9-7-6-8-10-15)18(20)17-12-11-13(2)14(3)19(17)21-4/h6-12,16,18,20H,5H2,1-4H3. The Balaban J connectivity index is 2.43. The first-order chi connectivity index (χ1) is 10.1. The maximum Gasteiger partial charge on any atom is 0.127 e. The predicted molar refractivity (Wildman–Crippen MR) is 86.9 cm³/mol. The van der Waals surface area contributed by atoms with E-state index in [0.717, 1.165) is 28.9 Å². The van der Waals surface area contributed by atoms with E-state index < -0.39 is 6.10 Å². The van der Waals surface area contributed by atoms with E-state index in [-0.39, 0.29) is 5.92 Å². The molecular formula is C19H24O2. The van der Waals surface area contributed by atoms with Gasteiger partial charge in [0.15, 0.2) is 0 Å². The Bertz CT molecular complexity index is 590. The Morgan fingerprint density at radius 3 is 2.29 bits per heavy atom. The molecule has 2 heteroatoms. The van der Waals surface area contributed by atoms with Crippen molar-refractivity contribution in [3.05, 3.63) is 64.7 Å². The fourth-order valence-corrected chi connectivity index (χ4v) is 2.87. The number of hydrogen-bond donors (Lipinski definition) is 1. The van der Waals surface area contributed by atoms with Gasteiger partial charge in [-0.05, 0) is 37.0 Å². The molecule has 21 heavy (non-hydrogen) atoms. The zero-order chi connectivity index (χ0) is 15.4. The van der Waals surface area contributed by atoms with Crippen LogP contribution in [0.1, 0.15) is 47.6 Å². The second-order valence-corrected chi connectivity index (χ2v) is 5.50. The predicted octanol–water partition coefficient (Wildman–Crippen LogP) is 4.54. The van der Waals surface area contributed by atoms with Crippen LogP contribution in [-0.2, 0) is 0 Å². The molecule has 0 saturated heterocycles. The Morgan fingerprint density at radius 2 is 1.71 bits per heavy atom. The molecule has 1 N–H and O–H groups in total. The van der Waals surface area contributed by atoms with Crippen molar-refractivity contribution >= 4 is 0 Å². The van der Waals surface area contributed by atoms with Crippen molar-refractivity contribution in [3.8, 4) is 5.75 Å². The quantitative estimate of drug-likeness (QED) is 0.873. The number of aliphatic hydroxyl groups is 1. The van der Waals surface area contributed by atoms with Gasteiger partial charge < -0.3 is 9.84 Å². The van der Waals surface area contributed by atoms with Crippen LogP contribution in [0.25, 0.3) is 0 Å². The molecule has 0 aliphatic carbocycles. The smallest absolute Gasteiger partial charge is 0.127 e. The lowest BCUT2D eigenvalue weighted by Crippen LogP contribution is -2.12. The van der Waals surface area contributed by atoms with E-state index >= 15 is 0 Å². The van der Waals surface area contributed by atoms with Crippen LogP contribution in [0.3, 0.4) is 0 Å². The zero-order valence-corrected chi connectivity index (χ0v) is 13.3. The highest BCUT2D eigenvalue weighted by Crippen LogP contribution is 2.39. The third kappa shape index (κ3) is 3.11. The highest BCUT2D eigenvalue weighted by atomic mass is 16.5. The van der Waals surface area contributed by atoms with Crippen LogP contribution >= 0.6 is 0 Å². The number of benzene rings is 2. The van der Waals surface area contributed by atoms with Gasteiger partial charge in [-0.3, -0.25) is 0 Å². The van der Waals surface area contributed by atoms with Gasteiger partial charge in [-0.1, -0.05) is 49.4 Å². The highest BCUT2D eigenvalue weighted by Gasteiger charge is 2.24. The van der Waals surface area contributed by atoms with Gasteiger partial charge in [0, 0.05) is 11.5 Å². The van der Waals surface area contributed by atoms with Crippen LogP contribution in [0.15, 0.2) is 42.5 Å². The first-order valence-corrected chi connectivity index (χ1v) is 7.47. The largest absolute Gasteiger partial charge is 0.496 e. The van der Waals surface area contributed by atoms with Crippen molar-refractivity contribution in [3.63, 3.8) is 0 Å². The molecule has 2 unspecified atom stereocenters. The van der Waals surface area contributed by atoms with Gasteiger partial charge in [-0.15, -0.1) is 0 Å². The molecule has 0 fully saturated rings. The molecule has 2 atom stereocenters. The van der Waals surface area contributed by atoms with E-state index in [9.17, 15) is 5.11 Å². The molecule has 0 aromatic heterocycles. The van der Waals surface area contributed by atoms with E-state index in [1.807, 2.05) is 37.3 Å². The summed E-state index contributed by atoms with van der Waals surface area (Å²) in [5.41, 5.74) is 4.30. The maximum atomic E-state index is 10.9. The molecule has 112 valence electrons. The van der Waals surface area contributed by atoms with Crippen LogP contribution < -0.4 is 4.74 Å². The van der Waals surface area contributed by atoms with Crippen molar-refractivity contribution in [2.75, 3.05) is 7.11 Å². The summed E-state index contributed by atoms with van der Waals surface area (Å²) in [6.07, 6.45) is 0.313. The molecule has 0 aliphatic heterocycles. The van der Waals surface area contributed by atoms with Crippen LogP contribution in [0.2, 0.25) is 0 Å². The van der Waals surface area contributed by atoms with Gasteiger partial charge in [0.1, 0.15) is 5.75 Å². The summed E-state index contributed by atoms with van der Waals surface area (Å²) in [5, 5.41) is 10.9. The van der Waals surface area contributed by atoms with Crippen molar-refractivity contribution in [2.45, 2.75) is 39.2 Å². The molecular weight excluding hydrogens is 260 g/mol. The Morgan fingerprint density at radius 1 is 1.05 bits per heavy atom. The SMILES string of the molecule is CCC(c1ccccc1)C(O)c1ccc(C)c(C)c1OC. The average Bonchev–Trinajstić information content (AvgIpc) is 2.51. The zero-order valence-electron chi connectivity index (χ0n) is 13.3. The topological polar surface area (TPSA) is 29.5 Å². The summed E-state index contributed by atoms with van der Waals surface area (Å²) < 4.78 is 5.55. The van der Waals surface area contributed by atoms with E-state index in [4.69, 9.17) is 4.74 Å². The number of hydrogen-bond acceptors (Lipinski definition) is 2. The summed E-state index contributed by atoms with van der Waals surface area (Å²) in [7, 11) is 1.67. The lowest BCUT2D eigenvalue weighted by molar-refractivity contribution is 0.139. The summed E-state index contributed by atoms with van der Waals surface area (Å²) in [6, 6.07) is 14.2. The monoisotopic (exact) mass is 284 g/mol. The summed E-state index contributed by atoms with van der Waals surface area (Å²) in [5.74, 6) is 0.874. The average molecular weight is 284 g/mol. The molecule has 0 spiro atoms. The minimum absolute atomic E-state index is 0.0715. The Hall–Kier alpha value is -1.80. The van der Waals surface area contributed by atoms with Crippen LogP contribution in [-0.4, -0.2) is 12.2 Å². The summed E-state index contributed by atoms with van der Waals surface area (Å²) in [4.78, 5) is 0. The molecule has 2 aromatic carbocycles. The molecule has 2 nitrogen and oxygen atoms in total. The number of ether oxygens (including phenoxy) is 1. The molecule has 0 aliphatic rings. The van der Waals surface area contributed by atoms with E-state index in [2.05, 4.69) is 26.0 Å². The van der Waals surface area contributed by atoms with Gasteiger partial charge in [0.25, 0.3) is 0 Å². The molecule has 2 rings (SSSR count). The van der Waals surface area contributed by atoms with Crippen LogP contribution in [0.5, 0.6) is 5.75 Å². The minimum atomic E-state index is -0.563. The van der Waals surface area contributed by atoms with E-state index in [1.54, 1.807) is 7.11 Å². The van der Waals surface area contributed by atoms with Crippen molar-refractivity contribution in [2.24, 2.45) is 0 Å². The number of aliphatic hydroxyl groups excluding tert-OH is 1. The molecule has 0 saturated carbocycles. The molecule has 2 aromatic rings. The lowest BCUT2D eigenvalue weighted by Gasteiger charge is -2.25. The third-order valence-electron chi connectivity index (χ3n) is 4.28. The molecule has 0 radical (unpaired) electrons. The van der Waals surface area contributed by atoms with Gasteiger partial charge in [0.2, 0.25) is 0 Å². The van der Waals surface area contributed by atoms with Crippen LogP contribution in [0, 0.1) is 13.8 Å². The van der Waals surface area contributed by atoms with Gasteiger partial charge in [0.05, 0.1) is 13.2 Å². The van der Waals surface area contributed by atoms with Gasteiger partial charge in [-0.2, -0.15) is 0 Å². The minimum Gasteiger partial charge on any atom is -0.496 e. The maximum absolute atomic E-state index is 10.9. The number of rotatable bonds is 5. The molecule has 0 amide bonds. The Kier molecular flexibility index (Phi) is 5.03. The molecule has 0 bridgehead atoms. The number of aryl methyl sites for hydroxylation is 1. The van der Waals surface area contributed by atoms with Crippen molar-refractivity contribution in [1.29, 1.82) is 0 Å². The fourth-order valence-electron chi connectivity index (χ4n) is 2.87. The summed E-state index contributed by atoms with van der Waals surface area (Å²) >= 11 is 0. The van der Waals surface area contributed by atoms with Crippen LogP contribution in [0.4, 0.5) is 0 Å². The first-order valence-electron chi connectivity index (χ1n) is 7.47. The second-order valence-electron chi connectivity index (χ2n) is 5.50. The Labute approximate surface area is 127 Å². The van der Waals surface area contributed by atoms with Gasteiger partial charge >= 0.3 is 0 Å². The highest BCUT2D eigenvalue weighted by molar-refractivity contribution is 5.47. The lowest BCUT2D eigenvalue weighted by atomic mass is 9.86. The summed E-state index contributed by atoms with van der Waals surface area (Å²) in [6.45, 7) is 6.20.